The molecule has 0 radical (unpaired) electrons. The second-order valence-corrected chi connectivity index (χ2v) is 5.22. The zero-order valence-corrected chi connectivity index (χ0v) is 13.2. The summed E-state index contributed by atoms with van der Waals surface area (Å²) >= 11 is 5.84. The van der Waals surface area contributed by atoms with Gasteiger partial charge in [-0.2, -0.15) is 0 Å². The Morgan fingerprint density at radius 3 is 2.50 bits per heavy atom. The van der Waals surface area contributed by atoms with Gasteiger partial charge < -0.3 is 10.1 Å². The van der Waals surface area contributed by atoms with Crippen LogP contribution in [0.25, 0.3) is 0 Å². The van der Waals surface area contributed by atoms with Crippen molar-refractivity contribution < 1.29 is 19.2 Å². The van der Waals surface area contributed by atoms with E-state index in [0.717, 1.165) is 5.56 Å². The standard InChI is InChI=1S/C16H13ClN2O5/c17-13-3-1-2-11(8-13)9-18-15(20)10-24-16(21)12-4-6-14(7-5-12)19(22)23/h1-8H,9-10H2,(H,18,20). The van der Waals surface area contributed by atoms with E-state index in [2.05, 4.69) is 5.32 Å². The number of esters is 1. The number of benzene rings is 2. The van der Waals surface area contributed by atoms with Crippen molar-refractivity contribution in [3.8, 4) is 0 Å². The molecule has 0 aromatic heterocycles. The minimum absolute atomic E-state index is 0.128. The van der Waals surface area contributed by atoms with Gasteiger partial charge in [0.25, 0.3) is 11.6 Å². The summed E-state index contributed by atoms with van der Waals surface area (Å²) in [5, 5.41) is 13.7. The number of non-ortho nitro benzene ring substituents is 1. The van der Waals surface area contributed by atoms with Gasteiger partial charge in [0.15, 0.2) is 6.61 Å². The Kier molecular flexibility index (Phi) is 5.86. The molecule has 124 valence electrons. The molecule has 1 amide bonds. The van der Waals surface area contributed by atoms with E-state index in [0.29, 0.717) is 5.02 Å². The normalized spacial score (nSPS) is 10.0. The van der Waals surface area contributed by atoms with Crippen LogP contribution in [-0.2, 0) is 16.1 Å². The molecule has 24 heavy (non-hydrogen) atoms. The lowest BCUT2D eigenvalue weighted by atomic mass is 10.2. The number of carbonyl (C=O) groups is 2. The average Bonchev–Trinajstić information content (AvgIpc) is 2.58. The quantitative estimate of drug-likeness (QED) is 0.491. The topological polar surface area (TPSA) is 98.5 Å². The van der Waals surface area contributed by atoms with Crippen molar-refractivity contribution in [2.45, 2.75) is 6.54 Å². The fourth-order valence-corrected chi connectivity index (χ4v) is 2.05. The highest BCUT2D eigenvalue weighted by molar-refractivity contribution is 6.30. The smallest absolute Gasteiger partial charge is 0.338 e. The van der Waals surface area contributed by atoms with E-state index < -0.39 is 23.4 Å². The Labute approximate surface area is 142 Å². The number of rotatable bonds is 6. The molecule has 0 aliphatic rings. The Morgan fingerprint density at radius 2 is 1.88 bits per heavy atom. The van der Waals surface area contributed by atoms with Crippen LogP contribution in [0, 0.1) is 10.1 Å². The molecule has 0 aliphatic carbocycles. The molecular weight excluding hydrogens is 336 g/mol. The summed E-state index contributed by atoms with van der Waals surface area (Å²) in [5.74, 6) is -1.20. The first kappa shape index (κ1) is 17.4. The van der Waals surface area contributed by atoms with Crippen LogP contribution in [0.5, 0.6) is 0 Å². The van der Waals surface area contributed by atoms with E-state index in [1.807, 2.05) is 0 Å². The van der Waals surface area contributed by atoms with E-state index in [-0.39, 0.29) is 17.8 Å². The number of nitrogens with one attached hydrogen (secondary N) is 1. The van der Waals surface area contributed by atoms with Crippen LogP contribution in [0.4, 0.5) is 5.69 Å². The molecule has 0 heterocycles. The zero-order chi connectivity index (χ0) is 17.5. The van der Waals surface area contributed by atoms with E-state index in [9.17, 15) is 19.7 Å². The minimum atomic E-state index is -0.734. The number of halogens is 1. The van der Waals surface area contributed by atoms with Crippen LogP contribution in [0.3, 0.4) is 0 Å². The van der Waals surface area contributed by atoms with Crippen LogP contribution < -0.4 is 5.32 Å². The fraction of sp³-hybridized carbons (Fsp3) is 0.125. The number of carbonyl (C=O) groups excluding carboxylic acids is 2. The second-order valence-electron chi connectivity index (χ2n) is 4.79. The van der Waals surface area contributed by atoms with Gasteiger partial charge in [-0.25, -0.2) is 4.79 Å². The van der Waals surface area contributed by atoms with Gasteiger partial charge in [-0.1, -0.05) is 23.7 Å². The number of nitro groups is 1. The summed E-state index contributed by atoms with van der Waals surface area (Å²) in [6.07, 6.45) is 0. The molecular formula is C16H13ClN2O5. The van der Waals surface area contributed by atoms with E-state index in [1.54, 1.807) is 24.3 Å². The highest BCUT2D eigenvalue weighted by atomic mass is 35.5. The number of amides is 1. The third-order valence-electron chi connectivity index (χ3n) is 3.03. The number of hydrogen-bond donors (Lipinski definition) is 1. The third-order valence-corrected chi connectivity index (χ3v) is 3.26. The summed E-state index contributed by atoms with van der Waals surface area (Å²) in [4.78, 5) is 33.4. The van der Waals surface area contributed by atoms with Gasteiger partial charge in [0.1, 0.15) is 0 Å². The summed E-state index contributed by atoms with van der Waals surface area (Å²) in [7, 11) is 0. The van der Waals surface area contributed by atoms with Crippen molar-refractivity contribution in [3.05, 3.63) is 74.8 Å². The van der Waals surface area contributed by atoms with Crippen LogP contribution >= 0.6 is 11.6 Å². The first-order valence-electron chi connectivity index (χ1n) is 6.88. The SMILES string of the molecule is O=C(COC(=O)c1ccc([N+](=O)[O-])cc1)NCc1cccc(Cl)c1. The first-order chi connectivity index (χ1) is 11.5. The zero-order valence-electron chi connectivity index (χ0n) is 12.4. The van der Waals surface area contributed by atoms with Crippen molar-refractivity contribution in [1.29, 1.82) is 0 Å². The highest BCUT2D eigenvalue weighted by Crippen LogP contribution is 2.13. The number of nitro benzene ring substituents is 1. The van der Waals surface area contributed by atoms with Crippen molar-refractivity contribution in [1.82, 2.24) is 5.32 Å². The molecule has 0 saturated carbocycles. The maximum absolute atomic E-state index is 11.8. The lowest BCUT2D eigenvalue weighted by Gasteiger charge is -2.07. The van der Waals surface area contributed by atoms with Gasteiger partial charge in [-0.15, -0.1) is 0 Å². The molecule has 1 N–H and O–H groups in total. The molecule has 0 unspecified atom stereocenters. The van der Waals surface area contributed by atoms with Crippen molar-refractivity contribution in [2.75, 3.05) is 6.61 Å². The molecule has 2 aromatic rings. The summed E-state index contributed by atoms with van der Waals surface area (Å²) in [6.45, 7) is -0.190. The molecule has 0 bridgehead atoms. The average molecular weight is 349 g/mol. The number of nitrogens with zero attached hydrogens (tertiary/aromatic N) is 1. The Morgan fingerprint density at radius 1 is 1.17 bits per heavy atom. The van der Waals surface area contributed by atoms with Gasteiger partial charge in [-0.05, 0) is 29.8 Å². The van der Waals surface area contributed by atoms with E-state index in [4.69, 9.17) is 16.3 Å². The van der Waals surface area contributed by atoms with E-state index in [1.165, 1.54) is 24.3 Å². The van der Waals surface area contributed by atoms with E-state index >= 15 is 0 Å². The van der Waals surface area contributed by atoms with Gasteiger partial charge >= 0.3 is 5.97 Å². The Bertz CT molecular complexity index is 761. The molecule has 0 atom stereocenters. The summed E-state index contributed by atoms with van der Waals surface area (Å²) < 4.78 is 4.86. The van der Waals surface area contributed by atoms with Crippen molar-refractivity contribution >= 4 is 29.2 Å². The molecule has 8 heteroatoms. The lowest BCUT2D eigenvalue weighted by Crippen LogP contribution is -2.28. The van der Waals surface area contributed by atoms with Gasteiger partial charge in [-0.3, -0.25) is 14.9 Å². The highest BCUT2D eigenvalue weighted by Gasteiger charge is 2.12. The maximum Gasteiger partial charge on any atom is 0.338 e. The number of ether oxygens (including phenoxy) is 1. The third kappa shape index (κ3) is 5.06. The van der Waals surface area contributed by atoms with Gasteiger partial charge in [0, 0.05) is 23.7 Å². The molecule has 2 aromatic carbocycles. The van der Waals surface area contributed by atoms with Crippen molar-refractivity contribution in [3.63, 3.8) is 0 Å². The van der Waals surface area contributed by atoms with Crippen molar-refractivity contribution in [2.24, 2.45) is 0 Å². The number of hydrogen-bond acceptors (Lipinski definition) is 5. The largest absolute Gasteiger partial charge is 0.452 e. The van der Waals surface area contributed by atoms with Crippen LogP contribution in [0.15, 0.2) is 48.5 Å². The minimum Gasteiger partial charge on any atom is -0.452 e. The molecule has 0 saturated heterocycles. The first-order valence-corrected chi connectivity index (χ1v) is 7.26. The summed E-state index contributed by atoms with van der Waals surface area (Å²) in [5.41, 5.74) is 0.812. The molecule has 0 aliphatic heterocycles. The van der Waals surface area contributed by atoms with Gasteiger partial charge in [0.05, 0.1) is 10.5 Å². The molecule has 2 rings (SSSR count). The van der Waals surface area contributed by atoms with Crippen LogP contribution in [0.2, 0.25) is 5.02 Å². The van der Waals surface area contributed by atoms with Crippen LogP contribution in [-0.4, -0.2) is 23.4 Å². The predicted octanol–water partition coefficient (Wildman–Crippen LogP) is 2.72. The fourth-order valence-electron chi connectivity index (χ4n) is 1.83. The Hall–Kier alpha value is -2.93. The van der Waals surface area contributed by atoms with Gasteiger partial charge in [0.2, 0.25) is 0 Å². The second kappa shape index (κ2) is 8.07. The molecule has 0 fully saturated rings. The Balaban J connectivity index is 1.80. The predicted molar refractivity (Wildman–Crippen MR) is 86.7 cm³/mol. The molecule has 0 spiro atoms. The maximum atomic E-state index is 11.8. The lowest BCUT2D eigenvalue weighted by molar-refractivity contribution is -0.384. The monoisotopic (exact) mass is 348 g/mol. The molecule has 7 nitrogen and oxygen atoms in total. The van der Waals surface area contributed by atoms with Crippen LogP contribution in [0.1, 0.15) is 15.9 Å². The summed E-state index contributed by atoms with van der Waals surface area (Å²) in [6, 6.07) is 11.9.